The fourth-order valence-electron chi connectivity index (χ4n) is 7.37. The van der Waals surface area contributed by atoms with Crippen molar-refractivity contribution in [1.82, 2.24) is 34.9 Å². The number of sulfonamides is 1. The summed E-state index contributed by atoms with van der Waals surface area (Å²) in [4.78, 5) is 61.5. The first-order valence-corrected chi connectivity index (χ1v) is 21.0. The normalized spacial score (nSPS) is 22.1. The van der Waals surface area contributed by atoms with Gasteiger partial charge in [-0.15, -0.1) is 6.58 Å². The van der Waals surface area contributed by atoms with Crippen molar-refractivity contribution in [2.45, 2.75) is 74.7 Å². The number of ether oxygens (including phenoxy) is 1. The topological polar surface area (TPSA) is 199 Å². The lowest BCUT2D eigenvalue weighted by Crippen LogP contribution is -2.58. The van der Waals surface area contributed by atoms with Gasteiger partial charge in [0.15, 0.2) is 5.82 Å². The van der Waals surface area contributed by atoms with Crippen LogP contribution in [0.3, 0.4) is 0 Å². The lowest BCUT2D eigenvalue weighted by molar-refractivity contribution is -0.140. The number of aromatic nitrogens is 4. The molecule has 20 heteroatoms. The van der Waals surface area contributed by atoms with E-state index in [9.17, 15) is 36.0 Å². The monoisotopic (exact) mass is 866 g/mol. The maximum Gasteiger partial charge on any atom is 0.416 e. The summed E-state index contributed by atoms with van der Waals surface area (Å²) in [7, 11) is -3.97. The molecule has 4 heterocycles. The number of hydrogen-bond donors (Lipinski definition) is 3. The number of furan rings is 1. The van der Waals surface area contributed by atoms with Crippen molar-refractivity contribution in [1.29, 1.82) is 0 Å². The molecule has 3 aromatic heterocycles. The second-order valence-electron chi connectivity index (χ2n) is 15.4. The van der Waals surface area contributed by atoms with Gasteiger partial charge in [0, 0.05) is 29.5 Å². The van der Waals surface area contributed by atoms with Crippen LogP contribution in [0, 0.1) is 11.8 Å². The molecule has 3 fully saturated rings. The molecule has 5 aromatic rings. The summed E-state index contributed by atoms with van der Waals surface area (Å²) >= 11 is 6.10. The highest BCUT2D eigenvalue weighted by Gasteiger charge is 2.62. The molecule has 0 bridgehead atoms. The number of rotatable bonds is 13. The first kappa shape index (κ1) is 40.9. The molecule has 1 aliphatic heterocycles. The van der Waals surface area contributed by atoms with E-state index in [1.54, 1.807) is 38.1 Å². The van der Waals surface area contributed by atoms with Gasteiger partial charge in [-0.3, -0.25) is 19.1 Å². The highest BCUT2D eigenvalue weighted by Crippen LogP contribution is 2.46. The van der Waals surface area contributed by atoms with Crippen LogP contribution in [0.4, 0.5) is 19.1 Å². The van der Waals surface area contributed by atoms with Crippen LogP contribution >= 0.6 is 11.6 Å². The standard InChI is InChI=1S/C40H38ClF3N8O7S/c1-4-22-18-39(22,37(55)51-60(56,57)25-13-14-25)50-34(53)27-17-24(19-52(27)36(54)30(20(2)3)48-38-45-16-15-29(41)46-38)58-35-32-31(26-7-5-6-8-28(26)59-32)47-33(49-35)21-9-11-23(12-10-21)40(42,43)44/h4-12,15-16,20,22,24-25,27,30H,1,13-14,17-19H2,2-3H3,(H,50,53)(H,51,55)(H,45,46,48)/t22-,24-,27+,30+,39-/m1/s1. The summed E-state index contributed by atoms with van der Waals surface area (Å²) in [5, 5.41) is 5.78. The molecule has 314 valence electrons. The van der Waals surface area contributed by atoms with Gasteiger partial charge >= 0.3 is 6.18 Å². The first-order valence-electron chi connectivity index (χ1n) is 19.1. The van der Waals surface area contributed by atoms with E-state index in [-0.39, 0.29) is 59.3 Å². The average molecular weight is 867 g/mol. The zero-order valence-electron chi connectivity index (χ0n) is 32.1. The molecule has 0 unspecified atom stereocenters. The molecule has 3 N–H and O–H groups in total. The van der Waals surface area contributed by atoms with Crippen LogP contribution < -0.4 is 20.1 Å². The fraction of sp³-hybridized carbons (Fsp3) is 0.375. The number of halogens is 4. The van der Waals surface area contributed by atoms with Crippen LogP contribution in [0.5, 0.6) is 5.88 Å². The highest BCUT2D eigenvalue weighted by molar-refractivity contribution is 7.91. The van der Waals surface area contributed by atoms with Crippen molar-refractivity contribution < 1.29 is 45.1 Å². The molecule has 2 aliphatic carbocycles. The molecule has 1 saturated heterocycles. The van der Waals surface area contributed by atoms with Crippen molar-refractivity contribution >= 4 is 67.4 Å². The van der Waals surface area contributed by atoms with E-state index in [1.165, 1.54) is 35.4 Å². The number of nitrogens with one attached hydrogen (secondary N) is 3. The number of benzene rings is 2. The van der Waals surface area contributed by atoms with E-state index < -0.39 is 74.4 Å². The number of amides is 3. The van der Waals surface area contributed by atoms with Crippen LogP contribution in [0.15, 0.2) is 77.9 Å². The van der Waals surface area contributed by atoms with Gasteiger partial charge in [-0.2, -0.15) is 18.2 Å². The van der Waals surface area contributed by atoms with E-state index in [0.29, 0.717) is 29.3 Å². The Morgan fingerprint density at radius 3 is 2.45 bits per heavy atom. The van der Waals surface area contributed by atoms with Gasteiger partial charge in [0.25, 0.3) is 11.8 Å². The molecule has 0 spiro atoms. The number of nitrogens with zero attached hydrogens (tertiary/aromatic N) is 5. The fourth-order valence-corrected chi connectivity index (χ4v) is 8.87. The predicted molar refractivity (Wildman–Crippen MR) is 213 cm³/mol. The van der Waals surface area contributed by atoms with Crippen molar-refractivity contribution in [2.75, 3.05) is 11.9 Å². The molecular formula is C40H38ClF3N8O7S. The summed E-state index contributed by atoms with van der Waals surface area (Å²) in [5.41, 5.74) is -1.38. The maximum atomic E-state index is 14.6. The van der Waals surface area contributed by atoms with Crippen molar-refractivity contribution in [3.63, 3.8) is 0 Å². The van der Waals surface area contributed by atoms with Gasteiger partial charge in [0.05, 0.1) is 17.4 Å². The van der Waals surface area contributed by atoms with Gasteiger partial charge in [-0.1, -0.05) is 55.8 Å². The Morgan fingerprint density at radius 2 is 1.80 bits per heavy atom. The second kappa shape index (κ2) is 15.3. The summed E-state index contributed by atoms with van der Waals surface area (Å²) in [6.07, 6.45) is -1.87. The molecule has 8 rings (SSSR count). The van der Waals surface area contributed by atoms with Crippen LogP contribution in [-0.2, 0) is 30.6 Å². The Labute approximate surface area is 346 Å². The smallest absolute Gasteiger partial charge is 0.416 e. The summed E-state index contributed by atoms with van der Waals surface area (Å²) in [5.74, 6) is -3.18. The van der Waals surface area contributed by atoms with Gasteiger partial charge in [0.1, 0.15) is 40.0 Å². The quantitative estimate of drug-likeness (QED) is 0.0972. The molecule has 3 amide bonds. The Balaban J connectivity index is 1.14. The maximum absolute atomic E-state index is 14.6. The van der Waals surface area contributed by atoms with Crippen LogP contribution in [0.2, 0.25) is 5.15 Å². The molecular weight excluding hydrogens is 829 g/mol. The molecule has 60 heavy (non-hydrogen) atoms. The van der Waals surface area contributed by atoms with Gasteiger partial charge in [-0.05, 0) is 55.5 Å². The van der Waals surface area contributed by atoms with Crippen molar-refractivity contribution in [3.05, 3.63) is 84.2 Å². The summed E-state index contributed by atoms with van der Waals surface area (Å²) < 4.78 is 80.6. The number of carbonyl (C=O) groups excluding carboxylic acids is 3. The van der Waals surface area contributed by atoms with E-state index in [4.69, 9.17) is 20.8 Å². The Kier molecular flexibility index (Phi) is 10.5. The predicted octanol–water partition coefficient (Wildman–Crippen LogP) is 5.66. The number of hydrogen-bond acceptors (Lipinski definition) is 12. The van der Waals surface area contributed by atoms with Crippen LogP contribution in [-0.4, -0.2) is 86.5 Å². The number of para-hydroxylation sites is 1. The van der Waals surface area contributed by atoms with Gasteiger partial charge in [0.2, 0.25) is 33.4 Å². The zero-order chi connectivity index (χ0) is 42.7. The van der Waals surface area contributed by atoms with Crippen molar-refractivity contribution in [2.24, 2.45) is 11.8 Å². The van der Waals surface area contributed by atoms with E-state index in [1.807, 2.05) is 0 Å². The minimum atomic E-state index is -4.57. The lowest BCUT2D eigenvalue weighted by atomic mass is 10.0. The van der Waals surface area contributed by atoms with Crippen molar-refractivity contribution in [3.8, 4) is 17.3 Å². The minimum absolute atomic E-state index is 0.0295. The third kappa shape index (κ3) is 7.94. The SMILES string of the molecule is C=C[C@@H]1C[C@]1(NC(=O)[C@@H]1C[C@@H](Oc2nc(-c3ccc(C(F)(F)F)cc3)nc3c2oc2ccccc23)CN1C(=O)[C@@H](Nc1nccc(Cl)n1)C(C)C)C(=O)NS(=O)(=O)C1CC1. The van der Waals surface area contributed by atoms with Crippen LogP contribution in [0.1, 0.15) is 45.1 Å². The van der Waals surface area contributed by atoms with Gasteiger partial charge < -0.3 is 24.7 Å². The molecule has 15 nitrogen and oxygen atoms in total. The number of likely N-dealkylation sites (tertiary alicyclic amines) is 1. The first-order chi connectivity index (χ1) is 28.5. The Hall–Kier alpha value is -5.82. The van der Waals surface area contributed by atoms with Gasteiger partial charge in [-0.25, -0.2) is 23.4 Å². The Bertz CT molecular complexity index is 2640. The van der Waals surface area contributed by atoms with E-state index >= 15 is 0 Å². The number of alkyl halides is 3. The number of fused-ring (bicyclic) bond motifs is 3. The van der Waals surface area contributed by atoms with E-state index in [0.717, 1.165) is 12.1 Å². The summed E-state index contributed by atoms with van der Waals surface area (Å²) in [6.45, 7) is 7.13. The molecule has 3 aliphatic rings. The molecule has 2 aromatic carbocycles. The summed E-state index contributed by atoms with van der Waals surface area (Å²) in [6, 6.07) is 10.5. The minimum Gasteiger partial charge on any atom is -0.470 e. The number of carbonyl (C=O) groups is 3. The third-order valence-corrected chi connectivity index (χ3v) is 12.9. The van der Waals surface area contributed by atoms with E-state index in [2.05, 4.69) is 41.9 Å². The second-order valence-corrected chi connectivity index (χ2v) is 17.8. The zero-order valence-corrected chi connectivity index (χ0v) is 33.6. The largest absolute Gasteiger partial charge is 0.470 e. The average Bonchev–Trinajstić information content (AvgIpc) is 4.11. The van der Waals surface area contributed by atoms with Crippen LogP contribution in [0.25, 0.3) is 33.5 Å². The molecule has 5 atom stereocenters. The Morgan fingerprint density at radius 1 is 1.07 bits per heavy atom. The molecule has 2 saturated carbocycles. The molecule has 0 radical (unpaired) electrons. The number of anilines is 1. The highest BCUT2D eigenvalue weighted by atomic mass is 35.5. The lowest BCUT2D eigenvalue weighted by Gasteiger charge is -2.31. The third-order valence-electron chi connectivity index (χ3n) is 10.9.